The summed E-state index contributed by atoms with van der Waals surface area (Å²) < 4.78 is 48.5. The zero-order valence-electron chi connectivity index (χ0n) is 23.3. The summed E-state index contributed by atoms with van der Waals surface area (Å²) in [7, 11) is 1.45. The van der Waals surface area contributed by atoms with Gasteiger partial charge < -0.3 is 35.3 Å². The minimum Gasteiger partial charge on any atom is -0.486 e. The van der Waals surface area contributed by atoms with Crippen molar-refractivity contribution in [1.82, 2.24) is 20.2 Å². The molecule has 14 heteroatoms. The normalized spacial score (nSPS) is 11.8. The van der Waals surface area contributed by atoms with Crippen LogP contribution in [-0.2, 0) is 22.7 Å². The first-order valence-electron chi connectivity index (χ1n) is 13.3. The fraction of sp³-hybridized carbons (Fsp3) is 0.200. The first kappa shape index (κ1) is 31.4. The van der Waals surface area contributed by atoms with Crippen LogP contribution in [0.15, 0.2) is 71.7 Å². The number of amides is 3. The number of hydrogen-bond donors (Lipinski definition) is 5. The molecular weight excluding hydrogens is 583 g/mol. The Balaban J connectivity index is 1.50. The highest BCUT2D eigenvalue weighted by atomic mass is 19.1. The van der Waals surface area contributed by atoms with Gasteiger partial charge in [-0.3, -0.25) is 14.4 Å². The summed E-state index contributed by atoms with van der Waals surface area (Å²) >= 11 is 0. The SMILES string of the molecule is CNC(=O)C=CCCC(NC(=O)O)C(=O)Nc1cccn(Cc2cc3cc(F)cc(OCc4ccc(F)cc4F)c3[nH]2)c1=O. The molecule has 5 N–H and O–H groups in total. The summed E-state index contributed by atoms with van der Waals surface area (Å²) in [6.45, 7) is -0.311. The molecule has 0 saturated carbocycles. The van der Waals surface area contributed by atoms with Gasteiger partial charge in [-0.05, 0) is 55.3 Å². The van der Waals surface area contributed by atoms with Crippen molar-refractivity contribution in [1.29, 1.82) is 0 Å². The van der Waals surface area contributed by atoms with Crippen molar-refractivity contribution in [2.75, 3.05) is 12.4 Å². The second-order valence-electron chi connectivity index (χ2n) is 9.63. The lowest BCUT2D eigenvalue weighted by Crippen LogP contribution is -2.44. The molecule has 0 spiro atoms. The number of carbonyl (C=O) groups excluding carboxylic acids is 2. The molecule has 4 aromatic rings. The molecule has 0 aliphatic carbocycles. The van der Waals surface area contributed by atoms with Gasteiger partial charge in [0.2, 0.25) is 11.8 Å². The van der Waals surface area contributed by atoms with Crippen LogP contribution in [-0.4, -0.2) is 45.7 Å². The van der Waals surface area contributed by atoms with Crippen LogP contribution in [0.5, 0.6) is 5.75 Å². The number of nitrogens with one attached hydrogen (secondary N) is 4. The standard InChI is InChI=1S/C30H28F3N5O6/c1-34-26(39)7-3-2-5-23(37-30(42)43)28(40)36-24-6-4-10-38(29(24)41)15-21-12-18-11-20(32)14-25(27(18)35-21)44-16-17-8-9-19(31)13-22(17)33/h3-4,6-14,23,35,37H,2,5,15-16H2,1H3,(H,34,39)(H,36,40)(H,42,43). The Morgan fingerprint density at radius 2 is 1.89 bits per heavy atom. The Kier molecular flexibility index (Phi) is 10.1. The zero-order valence-corrected chi connectivity index (χ0v) is 23.3. The van der Waals surface area contributed by atoms with E-state index in [4.69, 9.17) is 9.84 Å². The van der Waals surface area contributed by atoms with Crippen LogP contribution in [0.3, 0.4) is 0 Å². The summed E-state index contributed by atoms with van der Waals surface area (Å²) in [5.41, 5.74) is 0.226. The molecule has 1 atom stereocenters. The second-order valence-corrected chi connectivity index (χ2v) is 9.63. The molecular formula is C30H28F3N5O6. The number of halogens is 3. The van der Waals surface area contributed by atoms with Crippen LogP contribution in [0.4, 0.5) is 23.7 Å². The van der Waals surface area contributed by atoms with E-state index in [9.17, 15) is 32.3 Å². The predicted octanol–water partition coefficient (Wildman–Crippen LogP) is 4.03. The lowest BCUT2D eigenvalue weighted by Gasteiger charge is -2.16. The number of carboxylic acid groups (broad SMARTS) is 1. The maximum atomic E-state index is 14.3. The number of pyridine rings is 1. The van der Waals surface area contributed by atoms with Gasteiger partial charge in [-0.1, -0.05) is 6.08 Å². The van der Waals surface area contributed by atoms with E-state index < -0.39 is 41.1 Å². The highest BCUT2D eigenvalue weighted by Crippen LogP contribution is 2.29. The molecule has 2 heterocycles. The fourth-order valence-electron chi connectivity index (χ4n) is 4.34. The molecule has 0 aliphatic heterocycles. The van der Waals surface area contributed by atoms with E-state index >= 15 is 0 Å². The van der Waals surface area contributed by atoms with Gasteiger partial charge in [-0.25, -0.2) is 18.0 Å². The minimum absolute atomic E-state index is 0.0219. The van der Waals surface area contributed by atoms with Crippen LogP contribution in [0.25, 0.3) is 10.9 Å². The summed E-state index contributed by atoms with van der Waals surface area (Å²) in [6, 6.07) is 8.65. The predicted molar refractivity (Wildman–Crippen MR) is 155 cm³/mol. The largest absolute Gasteiger partial charge is 0.486 e. The molecule has 0 bridgehead atoms. The second kappa shape index (κ2) is 14.1. The average Bonchev–Trinajstić information content (AvgIpc) is 3.38. The fourth-order valence-corrected chi connectivity index (χ4v) is 4.34. The van der Waals surface area contributed by atoms with Crippen LogP contribution >= 0.6 is 0 Å². The van der Waals surface area contributed by atoms with E-state index in [0.29, 0.717) is 16.6 Å². The van der Waals surface area contributed by atoms with Gasteiger partial charge in [-0.15, -0.1) is 0 Å². The molecule has 4 rings (SSSR count). The van der Waals surface area contributed by atoms with E-state index in [1.165, 1.54) is 54.2 Å². The monoisotopic (exact) mass is 611 g/mol. The molecule has 2 aromatic carbocycles. The first-order chi connectivity index (χ1) is 21.0. The number of rotatable bonds is 12. The Morgan fingerprint density at radius 3 is 2.61 bits per heavy atom. The molecule has 11 nitrogen and oxygen atoms in total. The first-order valence-corrected chi connectivity index (χ1v) is 13.3. The van der Waals surface area contributed by atoms with E-state index in [1.54, 1.807) is 6.07 Å². The van der Waals surface area contributed by atoms with Gasteiger partial charge in [0.05, 0.1) is 12.1 Å². The van der Waals surface area contributed by atoms with E-state index in [2.05, 4.69) is 20.9 Å². The highest BCUT2D eigenvalue weighted by molar-refractivity contribution is 5.96. The summed E-state index contributed by atoms with van der Waals surface area (Å²) in [4.78, 5) is 51.6. The van der Waals surface area contributed by atoms with E-state index in [1.807, 2.05) is 0 Å². The third kappa shape index (κ3) is 8.06. The van der Waals surface area contributed by atoms with Gasteiger partial charge in [-0.2, -0.15) is 0 Å². The molecule has 0 radical (unpaired) electrons. The Labute approximate surface area is 248 Å². The molecule has 0 aliphatic rings. The van der Waals surface area contributed by atoms with Crippen LogP contribution in [0.1, 0.15) is 24.1 Å². The van der Waals surface area contributed by atoms with Crippen molar-refractivity contribution in [2.45, 2.75) is 32.0 Å². The number of fused-ring (bicyclic) bond motifs is 1. The van der Waals surface area contributed by atoms with Gasteiger partial charge >= 0.3 is 6.09 Å². The Hall–Kier alpha value is -5.53. The minimum atomic E-state index is -1.44. The molecule has 44 heavy (non-hydrogen) atoms. The van der Waals surface area contributed by atoms with Gasteiger partial charge in [0, 0.05) is 42.0 Å². The van der Waals surface area contributed by atoms with Gasteiger partial charge in [0.25, 0.3) is 5.56 Å². The Bertz CT molecular complexity index is 1780. The number of H-pyrrole nitrogens is 1. The number of nitrogens with zero attached hydrogens (tertiary/aromatic N) is 1. The lowest BCUT2D eigenvalue weighted by atomic mass is 10.1. The molecule has 3 amide bonds. The summed E-state index contributed by atoms with van der Waals surface area (Å²) in [5.74, 6) is -3.21. The average molecular weight is 612 g/mol. The molecule has 1 unspecified atom stereocenters. The van der Waals surface area contributed by atoms with Gasteiger partial charge in [0.1, 0.15) is 41.5 Å². The number of aromatic amines is 1. The topological polar surface area (TPSA) is 155 Å². The van der Waals surface area contributed by atoms with Crippen LogP contribution in [0.2, 0.25) is 0 Å². The number of carbonyl (C=O) groups is 3. The number of aromatic nitrogens is 2. The van der Waals surface area contributed by atoms with Crippen molar-refractivity contribution < 1.29 is 37.4 Å². The zero-order chi connectivity index (χ0) is 31.8. The summed E-state index contributed by atoms with van der Waals surface area (Å²) in [6.07, 6.45) is 3.00. The van der Waals surface area contributed by atoms with Crippen molar-refractivity contribution in [3.8, 4) is 5.75 Å². The van der Waals surface area contributed by atoms with Crippen molar-refractivity contribution in [2.24, 2.45) is 0 Å². The number of anilines is 1. The van der Waals surface area contributed by atoms with Crippen molar-refractivity contribution >= 4 is 34.5 Å². The maximum absolute atomic E-state index is 14.3. The van der Waals surface area contributed by atoms with Crippen LogP contribution < -0.4 is 26.2 Å². The quantitative estimate of drug-likeness (QED) is 0.153. The maximum Gasteiger partial charge on any atom is 0.405 e. The van der Waals surface area contributed by atoms with Crippen molar-refractivity contribution in [3.05, 3.63) is 106 Å². The molecule has 2 aromatic heterocycles. The Morgan fingerprint density at radius 1 is 1.09 bits per heavy atom. The molecule has 230 valence electrons. The van der Waals surface area contributed by atoms with Crippen molar-refractivity contribution in [3.63, 3.8) is 0 Å². The number of hydrogen-bond acceptors (Lipinski definition) is 5. The third-order valence-corrected chi connectivity index (χ3v) is 6.48. The van der Waals surface area contributed by atoms with Crippen LogP contribution in [0, 0.1) is 17.5 Å². The number of allylic oxidation sites excluding steroid dienone is 1. The smallest absolute Gasteiger partial charge is 0.405 e. The van der Waals surface area contributed by atoms with E-state index in [-0.39, 0.29) is 48.9 Å². The molecule has 0 fully saturated rings. The van der Waals surface area contributed by atoms with Gasteiger partial charge in [0.15, 0.2) is 0 Å². The number of likely N-dealkylation sites (N-methyl/N-ethyl adjacent to an activating group) is 1. The summed E-state index contributed by atoms with van der Waals surface area (Å²) in [5, 5.41) is 16.5. The third-order valence-electron chi connectivity index (χ3n) is 6.48. The highest BCUT2D eigenvalue weighted by Gasteiger charge is 2.21. The van der Waals surface area contributed by atoms with E-state index in [0.717, 1.165) is 18.2 Å². The lowest BCUT2D eigenvalue weighted by molar-refractivity contribution is -0.118. The number of ether oxygens (including phenoxy) is 1. The molecule has 0 saturated heterocycles. The number of benzene rings is 2.